The van der Waals surface area contributed by atoms with Crippen LogP contribution < -0.4 is 21.4 Å². The van der Waals surface area contributed by atoms with Crippen LogP contribution >= 0.6 is 55.1 Å². The van der Waals surface area contributed by atoms with Gasteiger partial charge >= 0.3 is 7.12 Å². The highest BCUT2D eigenvalue weighted by Gasteiger charge is 2.30. The monoisotopic (exact) mass is 1840 g/mol. The lowest BCUT2D eigenvalue weighted by atomic mass is 9.81. The summed E-state index contributed by atoms with van der Waals surface area (Å²) in [7, 11) is -1.45. The molecule has 5 aliphatic carbocycles. The van der Waals surface area contributed by atoms with Crippen LogP contribution in [0.25, 0.3) is 78.5 Å². The molecule has 126 heavy (non-hydrogen) atoms. The van der Waals surface area contributed by atoms with Gasteiger partial charge in [-0.3, -0.25) is 44.3 Å². The van der Waals surface area contributed by atoms with E-state index in [0.29, 0.717) is 62.8 Å². The number of fused-ring (bicyclic) bond motifs is 2. The summed E-state index contributed by atoms with van der Waals surface area (Å²) in [5.41, 5.74) is 14.3. The van der Waals surface area contributed by atoms with E-state index in [1.165, 1.54) is 82.1 Å². The van der Waals surface area contributed by atoms with Crippen LogP contribution in [-0.4, -0.2) is 132 Å². The first-order chi connectivity index (χ1) is 61.4. The van der Waals surface area contributed by atoms with E-state index >= 15 is 0 Å². The zero-order valence-corrected chi connectivity index (χ0v) is 72.9. The van der Waals surface area contributed by atoms with Crippen LogP contribution in [0.1, 0.15) is 137 Å². The van der Waals surface area contributed by atoms with Crippen molar-refractivity contribution in [3.63, 3.8) is 0 Å². The van der Waals surface area contributed by atoms with Crippen LogP contribution in [-0.2, 0) is 0 Å². The number of amides is 3. The number of hydrogen-bond donors (Lipinski definition) is 5. The van der Waals surface area contributed by atoms with Gasteiger partial charge in [0.2, 0.25) is 0 Å². The SMILES string of the molecule is Brc1cncn1C1CC1.Cc1cccc(-c2cncn2C2CC2)n1.Cc1cccc(Br)n1.O=C(Nc1cccc(-c2cncn2C2CC2)n1)c1cc(-c2cnc3ccccc3c2)ccn1.O=C(Nc1cccc(-c2cncn2C2CC2)n1)c1cc(Cl)ccn1.O=C(Nc1cccc(-c2cncn2C2CC2)n1)c1cc(Cl)ccn1.OB(O)c1cnc2ccccc2c1. The summed E-state index contributed by atoms with van der Waals surface area (Å²) >= 11 is 18.4. The number of carbonyl (C=O) groups is 3. The number of pyridine rings is 10. The molecule has 5 aliphatic rings. The topological polar surface area (TPSA) is 346 Å². The third-order valence-corrected chi connectivity index (χ3v) is 22.0. The number of aromatic nitrogens is 20. The van der Waals surface area contributed by atoms with Crippen LogP contribution in [0.3, 0.4) is 0 Å². The third-order valence-electron chi connectivity index (χ3n) is 20.5. The van der Waals surface area contributed by atoms with E-state index in [-0.39, 0.29) is 29.1 Å². The molecule has 15 aromatic heterocycles. The number of rotatable bonds is 17. The number of imidazole rings is 5. The van der Waals surface area contributed by atoms with Crippen molar-refractivity contribution in [1.29, 1.82) is 0 Å². The Morgan fingerprint density at radius 2 is 0.730 bits per heavy atom. The fourth-order valence-corrected chi connectivity index (χ4v) is 14.7. The van der Waals surface area contributed by atoms with Gasteiger partial charge in [-0.05, 0) is 236 Å². The summed E-state index contributed by atoms with van der Waals surface area (Å²) in [5.74, 6) is 0.382. The first-order valence-corrected chi connectivity index (χ1v) is 43.2. The number of hydrogen-bond acceptors (Lipinski definition) is 20. The van der Waals surface area contributed by atoms with Gasteiger partial charge in [0.1, 0.15) is 43.7 Å². The van der Waals surface area contributed by atoms with Crippen LogP contribution in [0.2, 0.25) is 10.0 Å². The molecule has 0 atom stereocenters. The zero-order valence-electron chi connectivity index (χ0n) is 68.2. The normalized spacial score (nSPS) is 13.5. The average molecular weight is 1840 g/mol. The van der Waals surface area contributed by atoms with Crippen molar-refractivity contribution in [2.45, 2.75) is 108 Å². The van der Waals surface area contributed by atoms with Crippen LogP contribution in [0.5, 0.6) is 0 Å². The number of para-hydroxylation sites is 2. The highest BCUT2D eigenvalue weighted by atomic mass is 79.9. The Hall–Kier alpha value is -13.6. The summed E-state index contributed by atoms with van der Waals surface area (Å²) < 4.78 is 12.8. The minimum absolute atomic E-state index is 0.248. The average Bonchev–Trinajstić information content (AvgIpc) is 1.62. The number of nitrogens with one attached hydrogen (secondary N) is 3. The largest absolute Gasteiger partial charge is 0.490 e. The lowest BCUT2D eigenvalue weighted by molar-refractivity contribution is 0.101. The van der Waals surface area contributed by atoms with Gasteiger partial charge in [-0.2, -0.15) is 0 Å². The van der Waals surface area contributed by atoms with E-state index in [4.69, 9.17) is 33.2 Å². The summed E-state index contributed by atoms with van der Waals surface area (Å²) in [6.45, 7) is 3.98. The van der Waals surface area contributed by atoms with Crippen LogP contribution in [0.15, 0.2) is 291 Å². The number of carbonyl (C=O) groups excluding carboxylic acids is 3. The fourth-order valence-electron chi connectivity index (χ4n) is 13.4. The third kappa shape index (κ3) is 23.1. The molecular formula is C93H82BBr2Cl2N23O5. The van der Waals surface area contributed by atoms with Crippen molar-refractivity contribution in [3.05, 3.63) is 329 Å². The molecule has 0 saturated heterocycles. The van der Waals surface area contributed by atoms with Crippen molar-refractivity contribution < 1.29 is 24.4 Å². The summed E-state index contributed by atoms with van der Waals surface area (Å²) in [4.78, 5) is 102. The van der Waals surface area contributed by atoms with Gasteiger partial charge in [-0.15, -0.1) is 0 Å². The molecule has 2 aromatic carbocycles. The number of halogens is 4. The Balaban J connectivity index is 0.000000113. The molecule has 0 radical (unpaired) electrons. The van der Waals surface area contributed by atoms with Crippen molar-refractivity contribution in [1.82, 2.24) is 97.6 Å². The molecule has 33 heteroatoms. The first-order valence-electron chi connectivity index (χ1n) is 40.8. The molecule has 5 N–H and O–H groups in total. The van der Waals surface area contributed by atoms with E-state index in [1.807, 2.05) is 198 Å². The predicted octanol–water partition coefficient (Wildman–Crippen LogP) is 18.9. The number of benzene rings is 2. The number of anilines is 3. The Labute approximate surface area is 751 Å². The van der Waals surface area contributed by atoms with Crippen molar-refractivity contribution in [3.8, 4) is 56.7 Å². The molecule has 28 nitrogen and oxygen atoms in total. The second-order valence-electron chi connectivity index (χ2n) is 30.3. The lowest BCUT2D eigenvalue weighted by Crippen LogP contribution is -2.29. The Morgan fingerprint density at radius 3 is 1.12 bits per heavy atom. The van der Waals surface area contributed by atoms with Gasteiger partial charge < -0.3 is 48.8 Å². The number of aryl methyl sites for hydroxylation is 2. The van der Waals surface area contributed by atoms with Gasteiger partial charge in [-0.25, -0.2) is 44.9 Å². The van der Waals surface area contributed by atoms with E-state index < -0.39 is 7.12 Å². The zero-order chi connectivity index (χ0) is 87.0. The molecule has 630 valence electrons. The smallest absolute Gasteiger partial charge is 0.423 e. The van der Waals surface area contributed by atoms with Crippen molar-refractivity contribution >= 4 is 125 Å². The maximum absolute atomic E-state index is 12.9. The maximum atomic E-state index is 12.9. The second-order valence-corrected chi connectivity index (χ2v) is 32.8. The maximum Gasteiger partial charge on any atom is 0.490 e. The molecule has 22 rings (SSSR count). The number of nitrogens with zero attached hydrogens (tertiary/aromatic N) is 20. The van der Waals surface area contributed by atoms with E-state index in [0.717, 1.165) is 118 Å². The van der Waals surface area contributed by atoms with Crippen molar-refractivity contribution in [2.24, 2.45) is 0 Å². The van der Waals surface area contributed by atoms with E-state index in [1.54, 1.807) is 61.1 Å². The Bertz CT molecular complexity index is 6520. The molecule has 3 amide bonds. The minimum Gasteiger partial charge on any atom is -0.423 e. The molecule has 5 fully saturated rings. The summed E-state index contributed by atoms with van der Waals surface area (Å²) in [6.07, 6.45) is 38.5. The fraction of sp³-hybridized carbons (Fsp3) is 0.183. The minimum atomic E-state index is -1.45. The standard InChI is InChI=1S/C26H20N6O.2C17H14ClN5O.C12H13N3.C9H8BNO2.C6H7BrN2.C6H6BrN/c33-26(31-25-7-3-6-22(30-25)24-15-27-16-32(24)20-8-9-20)23-13-17(10-11-28-23)19-12-18-4-1-2-5-21(18)29-14-19;2*18-11-6-7-20-14(8-11)17(24)22-16-3-1-2-13(21-16)15-9-19-10-23(15)12-4-5-12;1-9-3-2-4-11(14-9)12-7-13-8-15(12)10-5-6-10;12-10(13)8-5-7-3-1-2-4-9(7)11-6-8;7-6-3-8-4-9(6)5-1-2-5;1-5-3-2-4-6(7)8-5/h1-7,10-16,20H,8-9H2,(H,30,31,33);2*1-3,6-10,12H,4-5H2,(H,21,22,24);2-4,7-8,10H,5-6H2,1H3;1-6,12-13H;3-5H,1-2H2;2-4H,1H3. The van der Waals surface area contributed by atoms with Gasteiger partial charge in [-0.1, -0.05) is 96.0 Å². The van der Waals surface area contributed by atoms with Crippen LogP contribution in [0, 0.1) is 13.8 Å². The summed E-state index contributed by atoms with van der Waals surface area (Å²) in [6, 6.07) is 60.6. The van der Waals surface area contributed by atoms with E-state index in [9.17, 15) is 14.4 Å². The first kappa shape index (κ1) is 86.0. The lowest BCUT2D eigenvalue weighted by Gasteiger charge is -2.09. The summed E-state index contributed by atoms with van der Waals surface area (Å²) in [5, 5.41) is 29.1. The van der Waals surface area contributed by atoms with Gasteiger partial charge in [0, 0.05) is 99.0 Å². The molecule has 0 unspecified atom stereocenters. The van der Waals surface area contributed by atoms with Gasteiger partial charge in [0.05, 0.1) is 119 Å². The molecule has 0 spiro atoms. The molecule has 15 heterocycles. The Kier molecular flexibility index (Phi) is 27.6. The predicted molar refractivity (Wildman–Crippen MR) is 493 cm³/mol. The van der Waals surface area contributed by atoms with Gasteiger partial charge in [0.15, 0.2) is 0 Å². The highest BCUT2D eigenvalue weighted by Crippen LogP contribution is 2.42. The second kappa shape index (κ2) is 40.4. The molecule has 0 bridgehead atoms. The van der Waals surface area contributed by atoms with E-state index in [2.05, 4.69) is 151 Å². The van der Waals surface area contributed by atoms with Crippen LogP contribution in [0.4, 0.5) is 17.5 Å². The van der Waals surface area contributed by atoms with Gasteiger partial charge in [0.25, 0.3) is 17.7 Å². The van der Waals surface area contributed by atoms with Crippen molar-refractivity contribution in [2.75, 3.05) is 16.0 Å². The highest BCUT2D eigenvalue weighted by molar-refractivity contribution is 9.10. The Morgan fingerprint density at radius 1 is 0.365 bits per heavy atom. The molecule has 5 saturated carbocycles. The molecule has 0 aliphatic heterocycles. The quantitative estimate of drug-likeness (QED) is 0.0417. The molecular weight excluding hydrogens is 1760 g/mol. The molecule has 17 aromatic rings.